The first-order valence-electron chi connectivity index (χ1n) is 6.65. The number of hydrogen-bond acceptors (Lipinski definition) is 5. The van der Waals surface area contributed by atoms with Gasteiger partial charge in [-0.05, 0) is 36.3 Å². The zero-order valence-corrected chi connectivity index (χ0v) is 16.1. The van der Waals surface area contributed by atoms with Crippen molar-refractivity contribution in [2.75, 3.05) is 7.11 Å². The number of esters is 1. The van der Waals surface area contributed by atoms with E-state index in [-0.39, 0.29) is 21.2 Å². The molecule has 0 amide bonds. The lowest BCUT2D eigenvalue weighted by Crippen LogP contribution is -2.44. The van der Waals surface area contributed by atoms with E-state index >= 15 is 0 Å². The van der Waals surface area contributed by atoms with Gasteiger partial charge in [0.25, 0.3) is 17.4 Å². The molecule has 0 radical (unpaired) electrons. The molecule has 0 fully saturated rings. The molecule has 0 atom stereocenters. The molecule has 0 saturated heterocycles. The molecule has 0 bridgehead atoms. The summed E-state index contributed by atoms with van der Waals surface area (Å²) in [5, 5.41) is -0.110. The lowest BCUT2D eigenvalue weighted by molar-refractivity contribution is 0.0600. The maximum atomic E-state index is 11.8. The Hall–Kier alpha value is -1.05. The molecular formula is C14H21ClO5SSi. The van der Waals surface area contributed by atoms with Crippen LogP contribution >= 0.6 is 10.7 Å². The van der Waals surface area contributed by atoms with Gasteiger partial charge in [-0.1, -0.05) is 20.8 Å². The molecule has 0 saturated carbocycles. The van der Waals surface area contributed by atoms with Gasteiger partial charge in [0.15, 0.2) is 0 Å². The number of halogens is 1. The molecule has 124 valence electrons. The van der Waals surface area contributed by atoms with Crippen LogP contribution in [0.25, 0.3) is 0 Å². The summed E-state index contributed by atoms with van der Waals surface area (Å²) in [6.07, 6.45) is 0. The molecule has 0 aliphatic carbocycles. The van der Waals surface area contributed by atoms with Gasteiger partial charge >= 0.3 is 5.97 Å². The van der Waals surface area contributed by atoms with Crippen LogP contribution in [0.3, 0.4) is 0 Å². The highest BCUT2D eigenvalue weighted by atomic mass is 35.7. The van der Waals surface area contributed by atoms with Gasteiger partial charge in [-0.2, -0.15) is 0 Å². The minimum atomic E-state index is -4.05. The van der Waals surface area contributed by atoms with E-state index in [4.69, 9.17) is 15.1 Å². The summed E-state index contributed by atoms with van der Waals surface area (Å²) in [6, 6.07) is 4.08. The average Bonchev–Trinajstić information content (AvgIpc) is 2.35. The Labute approximate surface area is 137 Å². The third kappa shape index (κ3) is 4.24. The molecule has 0 aromatic heterocycles. The predicted octanol–water partition coefficient (Wildman–Crippen LogP) is 3.78. The topological polar surface area (TPSA) is 69.7 Å². The molecule has 5 nitrogen and oxygen atoms in total. The Kier molecular flexibility index (Phi) is 5.36. The Morgan fingerprint density at radius 3 is 2.18 bits per heavy atom. The minimum absolute atomic E-state index is 0.101. The van der Waals surface area contributed by atoms with Crippen molar-refractivity contribution in [2.24, 2.45) is 0 Å². The summed E-state index contributed by atoms with van der Waals surface area (Å²) in [5.41, 5.74) is 0.101. The van der Waals surface area contributed by atoms with Crippen LogP contribution in [0.1, 0.15) is 31.1 Å². The van der Waals surface area contributed by atoms with Crippen molar-refractivity contribution >= 4 is 34.0 Å². The molecule has 0 heterocycles. The Morgan fingerprint density at radius 2 is 1.77 bits per heavy atom. The van der Waals surface area contributed by atoms with Crippen molar-refractivity contribution in [1.82, 2.24) is 0 Å². The van der Waals surface area contributed by atoms with Gasteiger partial charge in [0.05, 0.1) is 12.7 Å². The Bertz CT molecular complexity index is 677. The van der Waals surface area contributed by atoms with E-state index in [0.717, 1.165) is 0 Å². The highest BCUT2D eigenvalue weighted by Crippen LogP contribution is 2.39. The third-order valence-electron chi connectivity index (χ3n) is 3.80. The van der Waals surface area contributed by atoms with E-state index in [2.05, 4.69) is 4.74 Å². The predicted molar refractivity (Wildman–Crippen MR) is 88.6 cm³/mol. The summed E-state index contributed by atoms with van der Waals surface area (Å²) in [4.78, 5) is 11.3. The van der Waals surface area contributed by atoms with Gasteiger partial charge in [0.2, 0.25) is 0 Å². The molecule has 0 aliphatic heterocycles. The van der Waals surface area contributed by atoms with Gasteiger partial charge < -0.3 is 9.16 Å². The summed E-state index contributed by atoms with van der Waals surface area (Å²) in [5.74, 6) is -0.477. The quantitative estimate of drug-likeness (QED) is 0.462. The summed E-state index contributed by atoms with van der Waals surface area (Å²) >= 11 is 0. The number of carbonyl (C=O) groups excluding carboxylic acids is 1. The van der Waals surface area contributed by atoms with Gasteiger partial charge in [-0.15, -0.1) is 0 Å². The fourth-order valence-electron chi connectivity index (χ4n) is 1.46. The van der Waals surface area contributed by atoms with Crippen LogP contribution in [0, 0.1) is 0 Å². The molecule has 1 rings (SSSR count). The second-order valence-electron chi connectivity index (χ2n) is 6.45. The van der Waals surface area contributed by atoms with Crippen LogP contribution in [-0.2, 0) is 13.8 Å². The van der Waals surface area contributed by atoms with Crippen LogP contribution < -0.4 is 4.43 Å². The summed E-state index contributed by atoms with van der Waals surface area (Å²) < 4.78 is 34.2. The van der Waals surface area contributed by atoms with Gasteiger partial charge in [-0.25, -0.2) is 13.2 Å². The SMILES string of the molecule is COC(=O)c1ccc(O[Si](C)(C)C(C)(C)C)c(S(=O)(=O)Cl)c1. The lowest BCUT2D eigenvalue weighted by atomic mass is 10.2. The van der Waals surface area contributed by atoms with E-state index in [9.17, 15) is 13.2 Å². The first-order chi connectivity index (χ1) is 9.79. The largest absolute Gasteiger partial charge is 0.543 e. The minimum Gasteiger partial charge on any atom is -0.543 e. The van der Waals surface area contributed by atoms with Crippen molar-refractivity contribution < 1.29 is 22.4 Å². The lowest BCUT2D eigenvalue weighted by Gasteiger charge is -2.36. The van der Waals surface area contributed by atoms with E-state index in [1.807, 2.05) is 33.9 Å². The summed E-state index contributed by atoms with van der Waals surface area (Å²) in [7, 11) is 0.400. The van der Waals surface area contributed by atoms with Crippen molar-refractivity contribution in [1.29, 1.82) is 0 Å². The zero-order chi connectivity index (χ0) is 17.3. The number of hydrogen-bond donors (Lipinski definition) is 0. The standard InChI is InChI=1S/C14H21ClO5SSi/c1-14(2,3)22(5,6)20-11-8-7-10(13(16)19-4)9-12(11)21(15,17)18/h7-9H,1-6H3. The first kappa shape index (κ1) is 19.0. The first-order valence-corrected chi connectivity index (χ1v) is 11.9. The zero-order valence-electron chi connectivity index (χ0n) is 13.6. The fourth-order valence-corrected chi connectivity index (χ4v) is 3.54. The van der Waals surface area contributed by atoms with E-state index in [1.54, 1.807) is 0 Å². The maximum Gasteiger partial charge on any atom is 0.337 e. The fraction of sp³-hybridized carbons (Fsp3) is 0.500. The van der Waals surface area contributed by atoms with E-state index < -0.39 is 23.3 Å². The van der Waals surface area contributed by atoms with Crippen LogP contribution in [0.4, 0.5) is 0 Å². The Balaban J connectivity index is 3.41. The number of rotatable bonds is 4. The van der Waals surface area contributed by atoms with Crippen molar-refractivity contribution in [3.05, 3.63) is 23.8 Å². The number of methoxy groups -OCH3 is 1. The highest BCUT2D eigenvalue weighted by Gasteiger charge is 2.40. The van der Waals surface area contributed by atoms with E-state index in [1.165, 1.54) is 25.3 Å². The molecular weight excluding hydrogens is 344 g/mol. The van der Waals surface area contributed by atoms with Crippen LogP contribution in [0.15, 0.2) is 23.1 Å². The Morgan fingerprint density at radius 1 is 1.23 bits per heavy atom. The molecule has 22 heavy (non-hydrogen) atoms. The van der Waals surface area contributed by atoms with Gasteiger partial charge in [0, 0.05) is 10.7 Å². The second-order valence-corrected chi connectivity index (χ2v) is 13.7. The third-order valence-corrected chi connectivity index (χ3v) is 9.48. The molecule has 1 aromatic rings. The summed E-state index contributed by atoms with van der Waals surface area (Å²) in [6.45, 7) is 10.1. The molecule has 8 heteroatoms. The van der Waals surface area contributed by atoms with Gasteiger partial charge in [-0.3, -0.25) is 0 Å². The molecule has 0 unspecified atom stereocenters. The number of carbonyl (C=O) groups is 1. The van der Waals surface area contributed by atoms with Crippen LogP contribution in [0.2, 0.25) is 18.1 Å². The normalized spacial score (nSPS) is 12.9. The van der Waals surface area contributed by atoms with Crippen molar-refractivity contribution in [2.45, 2.75) is 43.8 Å². The molecule has 0 aliphatic rings. The van der Waals surface area contributed by atoms with Crippen LogP contribution in [0.5, 0.6) is 5.75 Å². The van der Waals surface area contributed by atoms with Crippen molar-refractivity contribution in [3.63, 3.8) is 0 Å². The smallest absolute Gasteiger partial charge is 0.337 e. The number of benzene rings is 1. The maximum absolute atomic E-state index is 11.8. The number of ether oxygens (including phenoxy) is 1. The second kappa shape index (κ2) is 6.21. The van der Waals surface area contributed by atoms with Crippen molar-refractivity contribution in [3.8, 4) is 5.75 Å². The van der Waals surface area contributed by atoms with Gasteiger partial charge in [0.1, 0.15) is 10.6 Å². The van der Waals surface area contributed by atoms with E-state index in [0.29, 0.717) is 0 Å². The van der Waals surface area contributed by atoms with Crippen LogP contribution in [-0.4, -0.2) is 29.8 Å². The molecule has 1 aromatic carbocycles. The average molecular weight is 365 g/mol. The molecule has 0 spiro atoms. The molecule has 0 N–H and O–H groups in total. The monoisotopic (exact) mass is 364 g/mol. The highest BCUT2D eigenvalue weighted by molar-refractivity contribution is 8.13.